The van der Waals surface area contributed by atoms with E-state index in [-0.39, 0.29) is 10.9 Å². The highest BCUT2D eigenvalue weighted by molar-refractivity contribution is 9.10. The molecule has 0 aliphatic carbocycles. The minimum Gasteiger partial charge on any atom is -0.496 e. The summed E-state index contributed by atoms with van der Waals surface area (Å²) in [5.74, 6) is 0.613. The maximum absolute atomic E-state index is 12.4. The number of benzene rings is 1. The lowest BCUT2D eigenvalue weighted by Gasteiger charge is -2.24. The summed E-state index contributed by atoms with van der Waals surface area (Å²) < 4.78 is 32.0. The largest absolute Gasteiger partial charge is 0.496 e. The summed E-state index contributed by atoms with van der Waals surface area (Å²) in [7, 11) is -1.91. The monoisotopic (exact) mass is 335 g/mol. The summed E-state index contributed by atoms with van der Waals surface area (Å²) in [5, 5.41) is 0. The first-order valence-electron chi connectivity index (χ1n) is 5.70. The van der Waals surface area contributed by atoms with Crippen LogP contribution in [0.25, 0.3) is 0 Å². The molecular formula is C12H18BrNO3S. The Bertz CT molecular complexity index is 514. The molecular weight excluding hydrogens is 318 g/mol. The Morgan fingerprint density at radius 2 is 2.00 bits per heavy atom. The molecule has 102 valence electrons. The third kappa shape index (κ3) is 3.05. The molecule has 0 bridgehead atoms. The van der Waals surface area contributed by atoms with Crippen molar-refractivity contribution in [3.8, 4) is 5.75 Å². The predicted molar refractivity (Wildman–Crippen MR) is 75.4 cm³/mol. The molecule has 0 spiro atoms. The van der Waals surface area contributed by atoms with Crippen molar-refractivity contribution in [1.29, 1.82) is 0 Å². The number of sulfonamides is 1. The van der Waals surface area contributed by atoms with Crippen LogP contribution in [0.1, 0.15) is 20.8 Å². The number of rotatable bonds is 5. The topological polar surface area (TPSA) is 46.6 Å². The van der Waals surface area contributed by atoms with Crippen LogP contribution in [-0.4, -0.2) is 32.4 Å². The minimum atomic E-state index is -3.45. The van der Waals surface area contributed by atoms with Gasteiger partial charge in [0.25, 0.3) is 0 Å². The smallest absolute Gasteiger partial charge is 0.243 e. The molecule has 0 aliphatic rings. The number of halogens is 1. The summed E-state index contributed by atoms with van der Waals surface area (Å²) >= 11 is 3.30. The van der Waals surface area contributed by atoms with E-state index in [2.05, 4.69) is 15.9 Å². The first kappa shape index (κ1) is 15.5. The van der Waals surface area contributed by atoms with Gasteiger partial charge in [-0.3, -0.25) is 0 Å². The van der Waals surface area contributed by atoms with Gasteiger partial charge in [-0.25, -0.2) is 8.42 Å². The van der Waals surface area contributed by atoms with Crippen molar-refractivity contribution in [2.75, 3.05) is 13.7 Å². The van der Waals surface area contributed by atoms with Crippen LogP contribution >= 0.6 is 15.9 Å². The molecule has 0 saturated heterocycles. The number of hydrogen-bond acceptors (Lipinski definition) is 3. The average Bonchev–Trinajstić information content (AvgIpc) is 2.28. The van der Waals surface area contributed by atoms with Crippen molar-refractivity contribution >= 4 is 26.0 Å². The van der Waals surface area contributed by atoms with E-state index < -0.39 is 10.0 Å². The third-order valence-electron chi connectivity index (χ3n) is 2.62. The zero-order valence-corrected chi connectivity index (χ0v) is 13.4. The van der Waals surface area contributed by atoms with E-state index in [1.807, 2.05) is 20.8 Å². The number of nitrogens with zero attached hydrogens (tertiary/aromatic N) is 1. The van der Waals surface area contributed by atoms with Crippen molar-refractivity contribution < 1.29 is 13.2 Å². The lowest BCUT2D eigenvalue weighted by Crippen LogP contribution is -2.36. The zero-order chi connectivity index (χ0) is 13.9. The van der Waals surface area contributed by atoms with Crippen LogP contribution in [0.2, 0.25) is 0 Å². The lowest BCUT2D eigenvalue weighted by molar-refractivity contribution is 0.369. The summed E-state index contributed by atoms with van der Waals surface area (Å²) in [4.78, 5) is 0.269. The van der Waals surface area contributed by atoms with Gasteiger partial charge >= 0.3 is 0 Å². The molecule has 0 N–H and O–H groups in total. The normalized spacial score (nSPS) is 12.2. The van der Waals surface area contributed by atoms with E-state index in [1.54, 1.807) is 25.3 Å². The van der Waals surface area contributed by atoms with Gasteiger partial charge in [0.1, 0.15) is 5.75 Å². The van der Waals surface area contributed by atoms with Crippen molar-refractivity contribution in [3.05, 3.63) is 22.7 Å². The standard InChI is InChI=1S/C12H18BrNO3S/c1-5-14(9(2)3)18(15,16)10-6-7-12(17-4)11(13)8-10/h6-9H,5H2,1-4H3. The van der Waals surface area contributed by atoms with Crippen LogP contribution < -0.4 is 4.74 Å². The molecule has 0 aromatic heterocycles. The molecule has 0 fully saturated rings. The highest BCUT2D eigenvalue weighted by Crippen LogP contribution is 2.29. The van der Waals surface area contributed by atoms with E-state index in [1.165, 1.54) is 4.31 Å². The molecule has 0 radical (unpaired) electrons. The van der Waals surface area contributed by atoms with Gasteiger partial charge in [0.2, 0.25) is 10.0 Å². The Balaban J connectivity index is 3.24. The average molecular weight is 336 g/mol. The zero-order valence-electron chi connectivity index (χ0n) is 11.0. The van der Waals surface area contributed by atoms with Crippen molar-refractivity contribution in [2.24, 2.45) is 0 Å². The molecule has 18 heavy (non-hydrogen) atoms. The molecule has 0 amide bonds. The molecule has 0 aliphatic heterocycles. The van der Waals surface area contributed by atoms with Gasteiger partial charge in [-0.15, -0.1) is 0 Å². The van der Waals surface area contributed by atoms with Gasteiger partial charge in [0.05, 0.1) is 16.5 Å². The van der Waals surface area contributed by atoms with Crippen LogP contribution in [-0.2, 0) is 10.0 Å². The van der Waals surface area contributed by atoms with Crippen molar-refractivity contribution in [2.45, 2.75) is 31.7 Å². The maximum atomic E-state index is 12.4. The molecule has 1 rings (SSSR count). The lowest BCUT2D eigenvalue weighted by atomic mass is 10.3. The van der Waals surface area contributed by atoms with E-state index in [0.29, 0.717) is 16.8 Å². The van der Waals surface area contributed by atoms with Gasteiger partial charge in [0, 0.05) is 12.6 Å². The quantitative estimate of drug-likeness (QED) is 0.831. The highest BCUT2D eigenvalue weighted by atomic mass is 79.9. The van der Waals surface area contributed by atoms with E-state index in [4.69, 9.17) is 4.74 Å². The van der Waals surface area contributed by atoms with Crippen LogP contribution in [0.5, 0.6) is 5.75 Å². The van der Waals surface area contributed by atoms with Gasteiger partial charge in [0.15, 0.2) is 0 Å². The number of methoxy groups -OCH3 is 1. The molecule has 0 heterocycles. The van der Waals surface area contributed by atoms with Crippen LogP contribution in [0, 0.1) is 0 Å². The summed E-state index contributed by atoms with van der Waals surface area (Å²) in [6, 6.07) is 4.70. The Kier molecular flexibility index (Phi) is 5.19. The SMILES string of the molecule is CCN(C(C)C)S(=O)(=O)c1ccc(OC)c(Br)c1. The van der Waals surface area contributed by atoms with E-state index in [9.17, 15) is 8.42 Å². The third-order valence-corrected chi connectivity index (χ3v) is 5.38. The first-order chi connectivity index (χ1) is 8.34. The van der Waals surface area contributed by atoms with E-state index in [0.717, 1.165) is 0 Å². The van der Waals surface area contributed by atoms with Crippen LogP contribution in [0.15, 0.2) is 27.6 Å². The Morgan fingerprint density at radius 3 is 2.39 bits per heavy atom. The molecule has 4 nitrogen and oxygen atoms in total. The fourth-order valence-electron chi connectivity index (χ4n) is 1.76. The van der Waals surface area contributed by atoms with Crippen molar-refractivity contribution in [3.63, 3.8) is 0 Å². The van der Waals surface area contributed by atoms with Gasteiger partial charge in [-0.1, -0.05) is 6.92 Å². The highest BCUT2D eigenvalue weighted by Gasteiger charge is 2.25. The maximum Gasteiger partial charge on any atom is 0.243 e. The van der Waals surface area contributed by atoms with Gasteiger partial charge in [-0.05, 0) is 48.0 Å². The van der Waals surface area contributed by atoms with Crippen LogP contribution in [0.3, 0.4) is 0 Å². The fraction of sp³-hybridized carbons (Fsp3) is 0.500. The molecule has 1 aromatic rings. The Labute approximate surface area is 117 Å². The second-order valence-electron chi connectivity index (χ2n) is 4.10. The summed E-state index contributed by atoms with van der Waals surface area (Å²) in [6.07, 6.45) is 0. The Morgan fingerprint density at radius 1 is 1.39 bits per heavy atom. The Hall–Kier alpha value is -0.590. The molecule has 6 heteroatoms. The number of ether oxygens (including phenoxy) is 1. The fourth-order valence-corrected chi connectivity index (χ4v) is 4.12. The van der Waals surface area contributed by atoms with Gasteiger partial charge < -0.3 is 4.74 Å². The second kappa shape index (κ2) is 6.04. The predicted octanol–water partition coefficient (Wildman–Crippen LogP) is 2.88. The summed E-state index contributed by atoms with van der Waals surface area (Å²) in [6.45, 7) is 6.00. The van der Waals surface area contributed by atoms with Crippen molar-refractivity contribution in [1.82, 2.24) is 4.31 Å². The second-order valence-corrected chi connectivity index (χ2v) is 6.84. The van der Waals surface area contributed by atoms with Gasteiger partial charge in [-0.2, -0.15) is 4.31 Å². The molecule has 0 saturated carbocycles. The first-order valence-corrected chi connectivity index (χ1v) is 7.93. The summed E-state index contributed by atoms with van der Waals surface area (Å²) in [5.41, 5.74) is 0. The minimum absolute atomic E-state index is 0.0686. The molecule has 0 unspecified atom stereocenters. The number of hydrogen-bond donors (Lipinski definition) is 0. The van der Waals surface area contributed by atoms with E-state index >= 15 is 0 Å². The molecule has 1 aromatic carbocycles. The van der Waals surface area contributed by atoms with Crippen LogP contribution in [0.4, 0.5) is 0 Å². The molecule has 0 atom stereocenters.